The van der Waals surface area contributed by atoms with E-state index in [2.05, 4.69) is 25.9 Å². The van der Waals surface area contributed by atoms with Crippen LogP contribution in [0.4, 0.5) is 10.2 Å². The fraction of sp³-hybridized carbons (Fsp3) is 0.381. The van der Waals surface area contributed by atoms with Gasteiger partial charge in [0.2, 0.25) is 5.91 Å². The number of nitrogens with one attached hydrogen (secondary N) is 3. The third-order valence-electron chi connectivity index (χ3n) is 4.10. The summed E-state index contributed by atoms with van der Waals surface area (Å²) in [5.41, 5.74) is 1.03. The molecule has 2 aromatic rings. The molecule has 0 saturated carbocycles. The maximum Gasteiger partial charge on any atom is 0.227 e. The third-order valence-corrected chi connectivity index (χ3v) is 4.10. The average molecular weight is 529 g/mol. The number of ether oxygens (including phenoxy) is 1. The second-order valence-corrected chi connectivity index (χ2v) is 6.50. The monoisotopic (exact) mass is 529 g/mol. The Hall–Kier alpha value is -2.43. The number of guanidine groups is 1. The Labute approximate surface area is 193 Å². The molecule has 1 heterocycles. The highest BCUT2D eigenvalue weighted by atomic mass is 127. The van der Waals surface area contributed by atoms with Crippen molar-refractivity contribution in [3.8, 4) is 5.75 Å². The van der Waals surface area contributed by atoms with E-state index < -0.39 is 0 Å². The molecule has 1 atom stereocenters. The van der Waals surface area contributed by atoms with Gasteiger partial charge in [0.05, 0.1) is 6.54 Å². The third kappa shape index (κ3) is 9.38. The highest BCUT2D eigenvalue weighted by molar-refractivity contribution is 14.0. The van der Waals surface area contributed by atoms with Gasteiger partial charge in [0.15, 0.2) is 5.96 Å². The van der Waals surface area contributed by atoms with Gasteiger partial charge in [-0.15, -0.1) is 24.0 Å². The zero-order chi connectivity index (χ0) is 21.1. The molecule has 0 aliphatic rings. The average Bonchev–Trinajstić information content (AvgIpc) is 2.71. The van der Waals surface area contributed by atoms with E-state index in [0.29, 0.717) is 30.6 Å². The summed E-state index contributed by atoms with van der Waals surface area (Å²) in [6, 6.07) is 9.73. The summed E-state index contributed by atoms with van der Waals surface area (Å²) >= 11 is 0. The molecule has 0 aliphatic carbocycles. The van der Waals surface area contributed by atoms with E-state index >= 15 is 0 Å². The second-order valence-electron chi connectivity index (χ2n) is 6.50. The standard InChI is InChI=1S/C21H28FN5O2.HI/c1-4-17(29-18-7-5-6-16(22)12-18)14-26-21(23-3)24-11-10-20(28)27-19-9-8-15(2)13-25-19;/h5-9,12-13,17H,4,10-11,14H2,1-3H3,(H2,23,24,26)(H,25,27,28);1H. The van der Waals surface area contributed by atoms with Crippen LogP contribution < -0.4 is 20.7 Å². The van der Waals surface area contributed by atoms with Gasteiger partial charge in [0, 0.05) is 32.3 Å². The van der Waals surface area contributed by atoms with Crippen molar-refractivity contribution in [2.24, 2.45) is 4.99 Å². The highest BCUT2D eigenvalue weighted by Crippen LogP contribution is 2.14. The van der Waals surface area contributed by atoms with Crippen LogP contribution in [-0.4, -0.2) is 43.1 Å². The molecule has 3 N–H and O–H groups in total. The van der Waals surface area contributed by atoms with Crippen molar-refractivity contribution in [2.45, 2.75) is 32.8 Å². The molecule has 0 bridgehead atoms. The number of rotatable bonds is 9. The van der Waals surface area contributed by atoms with Crippen molar-refractivity contribution in [1.82, 2.24) is 15.6 Å². The van der Waals surface area contributed by atoms with Crippen molar-refractivity contribution < 1.29 is 13.9 Å². The molecular formula is C21H29FIN5O2. The molecule has 1 aromatic heterocycles. The van der Waals surface area contributed by atoms with Crippen LogP contribution in [-0.2, 0) is 4.79 Å². The summed E-state index contributed by atoms with van der Waals surface area (Å²) in [4.78, 5) is 20.3. The van der Waals surface area contributed by atoms with Crippen LogP contribution in [0.3, 0.4) is 0 Å². The van der Waals surface area contributed by atoms with Crippen LogP contribution in [0.2, 0.25) is 0 Å². The predicted molar refractivity (Wildman–Crippen MR) is 128 cm³/mol. The Morgan fingerprint density at radius 3 is 2.70 bits per heavy atom. The molecule has 7 nitrogen and oxygen atoms in total. The number of nitrogens with zero attached hydrogens (tertiary/aromatic N) is 2. The fourth-order valence-corrected chi connectivity index (χ4v) is 2.47. The van der Waals surface area contributed by atoms with E-state index in [4.69, 9.17) is 4.74 Å². The predicted octanol–water partition coefficient (Wildman–Crippen LogP) is 3.50. The van der Waals surface area contributed by atoms with Crippen molar-refractivity contribution in [2.75, 3.05) is 25.5 Å². The Morgan fingerprint density at radius 1 is 1.27 bits per heavy atom. The van der Waals surface area contributed by atoms with Gasteiger partial charge >= 0.3 is 0 Å². The van der Waals surface area contributed by atoms with Crippen LogP contribution in [0.5, 0.6) is 5.75 Å². The maximum absolute atomic E-state index is 13.3. The summed E-state index contributed by atoms with van der Waals surface area (Å²) < 4.78 is 19.1. The Bertz CT molecular complexity index is 817. The second kappa shape index (κ2) is 13.7. The number of hydrogen-bond acceptors (Lipinski definition) is 4. The van der Waals surface area contributed by atoms with E-state index in [0.717, 1.165) is 12.0 Å². The molecular weight excluding hydrogens is 500 g/mol. The largest absolute Gasteiger partial charge is 0.489 e. The van der Waals surface area contributed by atoms with Crippen molar-refractivity contribution in [1.29, 1.82) is 0 Å². The minimum atomic E-state index is -0.332. The molecule has 0 spiro atoms. The SMILES string of the molecule is CCC(CNC(=NC)NCCC(=O)Nc1ccc(C)cn1)Oc1cccc(F)c1.I. The molecule has 0 fully saturated rings. The quantitative estimate of drug-likeness (QED) is 0.263. The van der Waals surface area contributed by atoms with Gasteiger partial charge in [0.1, 0.15) is 23.5 Å². The number of aryl methyl sites for hydroxylation is 1. The van der Waals surface area contributed by atoms with Crippen LogP contribution >= 0.6 is 24.0 Å². The van der Waals surface area contributed by atoms with Crippen molar-refractivity contribution in [3.63, 3.8) is 0 Å². The molecule has 164 valence electrons. The van der Waals surface area contributed by atoms with Gasteiger partial charge in [-0.2, -0.15) is 0 Å². The van der Waals surface area contributed by atoms with Crippen LogP contribution in [0, 0.1) is 12.7 Å². The van der Waals surface area contributed by atoms with Crippen LogP contribution in [0.1, 0.15) is 25.3 Å². The van der Waals surface area contributed by atoms with E-state index in [9.17, 15) is 9.18 Å². The first-order chi connectivity index (χ1) is 14.0. The molecule has 1 aromatic carbocycles. The summed E-state index contributed by atoms with van der Waals surface area (Å²) in [6.07, 6.45) is 2.57. The normalized spacial score (nSPS) is 11.8. The Balaban J connectivity index is 0.00000450. The first kappa shape index (κ1) is 25.6. The highest BCUT2D eigenvalue weighted by Gasteiger charge is 2.10. The van der Waals surface area contributed by atoms with Gasteiger partial charge < -0.3 is 20.7 Å². The molecule has 0 radical (unpaired) electrons. The number of benzene rings is 1. The lowest BCUT2D eigenvalue weighted by Gasteiger charge is -2.20. The minimum Gasteiger partial charge on any atom is -0.489 e. The lowest BCUT2D eigenvalue weighted by molar-refractivity contribution is -0.116. The van der Waals surface area contributed by atoms with Gasteiger partial charge in [0.25, 0.3) is 0 Å². The number of pyridine rings is 1. The van der Waals surface area contributed by atoms with Crippen molar-refractivity contribution >= 4 is 41.7 Å². The summed E-state index contributed by atoms with van der Waals surface area (Å²) in [5.74, 6) is 1.12. The molecule has 1 amide bonds. The van der Waals surface area contributed by atoms with Gasteiger partial charge in [-0.25, -0.2) is 9.37 Å². The maximum atomic E-state index is 13.3. The lowest BCUT2D eigenvalue weighted by atomic mass is 10.2. The summed E-state index contributed by atoms with van der Waals surface area (Å²) in [7, 11) is 1.65. The van der Waals surface area contributed by atoms with Crippen LogP contribution in [0.25, 0.3) is 0 Å². The Kier molecular flexibility index (Phi) is 11.7. The van der Waals surface area contributed by atoms with Crippen molar-refractivity contribution in [3.05, 3.63) is 54.0 Å². The molecule has 30 heavy (non-hydrogen) atoms. The molecule has 0 aliphatic heterocycles. The number of hydrogen-bond donors (Lipinski definition) is 3. The number of aromatic nitrogens is 1. The number of aliphatic imine (C=N–C) groups is 1. The lowest BCUT2D eigenvalue weighted by Crippen LogP contribution is -2.43. The summed E-state index contributed by atoms with van der Waals surface area (Å²) in [5, 5.41) is 9.00. The zero-order valence-corrected chi connectivity index (χ0v) is 19.8. The Morgan fingerprint density at radius 2 is 2.07 bits per heavy atom. The van der Waals surface area contributed by atoms with Gasteiger partial charge in [-0.1, -0.05) is 19.1 Å². The number of carbonyl (C=O) groups is 1. The number of amides is 1. The molecule has 0 saturated heterocycles. The zero-order valence-electron chi connectivity index (χ0n) is 17.4. The molecule has 9 heteroatoms. The molecule has 1 unspecified atom stereocenters. The van der Waals surface area contributed by atoms with E-state index in [1.807, 2.05) is 19.9 Å². The van der Waals surface area contributed by atoms with E-state index in [-0.39, 0.29) is 48.2 Å². The van der Waals surface area contributed by atoms with Gasteiger partial charge in [-0.05, 0) is 37.1 Å². The number of anilines is 1. The molecule has 2 rings (SSSR count). The van der Waals surface area contributed by atoms with Gasteiger partial charge in [-0.3, -0.25) is 9.79 Å². The fourth-order valence-electron chi connectivity index (χ4n) is 2.47. The topological polar surface area (TPSA) is 87.6 Å². The first-order valence-electron chi connectivity index (χ1n) is 9.59. The smallest absolute Gasteiger partial charge is 0.227 e. The summed E-state index contributed by atoms with van der Waals surface area (Å²) in [6.45, 7) is 4.84. The van der Waals surface area contributed by atoms with Crippen LogP contribution in [0.15, 0.2) is 47.6 Å². The number of halogens is 2. The first-order valence-corrected chi connectivity index (χ1v) is 9.59. The number of carbonyl (C=O) groups excluding carboxylic acids is 1. The van der Waals surface area contributed by atoms with E-state index in [1.165, 1.54) is 12.1 Å². The van der Waals surface area contributed by atoms with E-state index in [1.54, 1.807) is 31.4 Å². The minimum absolute atomic E-state index is 0.